The maximum Gasteiger partial charge on any atom is 0.255 e. The maximum atomic E-state index is 11.8. The van der Waals surface area contributed by atoms with Crippen LogP contribution < -0.4 is 5.32 Å². The third-order valence-corrected chi connectivity index (χ3v) is 3.17. The second-order valence-electron chi connectivity index (χ2n) is 4.35. The lowest BCUT2D eigenvalue weighted by molar-refractivity contribution is 0.0949. The molecule has 1 aromatic carbocycles. The number of carbonyl (C=O) groups is 1. The van der Waals surface area contributed by atoms with Crippen LogP contribution in [-0.4, -0.2) is 29.3 Å². The van der Waals surface area contributed by atoms with E-state index in [-0.39, 0.29) is 29.7 Å². The van der Waals surface area contributed by atoms with Crippen LogP contribution in [0.3, 0.4) is 0 Å². The highest BCUT2D eigenvalue weighted by Crippen LogP contribution is 2.21. The van der Waals surface area contributed by atoms with Crippen molar-refractivity contribution in [2.75, 3.05) is 13.2 Å². The second-order valence-corrected chi connectivity index (χ2v) is 5.26. The molecule has 1 atom stereocenters. The van der Waals surface area contributed by atoms with Gasteiger partial charge in [0.15, 0.2) is 0 Å². The van der Waals surface area contributed by atoms with Gasteiger partial charge in [-0.3, -0.25) is 4.79 Å². The lowest BCUT2D eigenvalue weighted by Crippen LogP contribution is -2.25. The number of halogens is 1. The van der Waals surface area contributed by atoms with Crippen LogP contribution in [0.25, 0.3) is 0 Å². The molecule has 0 saturated heterocycles. The molecule has 0 aliphatic rings. The fraction of sp³-hybridized carbons (Fsp3) is 0.462. The summed E-state index contributed by atoms with van der Waals surface area (Å²) in [6.45, 7) is 2.66. The molecule has 1 unspecified atom stereocenters. The molecular formula is C13H18BrNO3. The van der Waals surface area contributed by atoms with Crippen LogP contribution in [0.1, 0.15) is 30.1 Å². The normalized spacial score (nSPS) is 12.2. The summed E-state index contributed by atoms with van der Waals surface area (Å²) in [7, 11) is 0. The number of hydrogen-bond donors (Lipinski definition) is 3. The zero-order chi connectivity index (χ0) is 13.5. The maximum absolute atomic E-state index is 11.8. The van der Waals surface area contributed by atoms with E-state index in [0.717, 1.165) is 17.3 Å². The highest BCUT2D eigenvalue weighted by molar-refractivity contribution is 9.10. The summed E-state index contributed by atoms with van der Waals surface area (Å²) >= 11 is 3.26. The van der Waals surface area contributed by atoms with Crippen molar-refractivity contribution in [3.8, 4) is 5.75 Å². The number of aliphatic hydroxyl groups is 1. The molecule has 18 heavy (non-hydrogen) atoms. The summed E-state index contributed by atoms with van der Waals surface area (Å²) in [5.74, 6) is -0.0638. The first kappa shape index (κ1) is 15.0. The smallest absolute Gasteiger partial charge is 0.255 e. The van der Waals surface area contributed by atoms with E-state index in [4.69, 9.17) is 5.11 Å². The summed E-state index contributed by atoms with van der Waals surface area (Å²) in [6.07, 6.45) is 1.67. The molecular weight excluding hydrogens is 298 g/mol. The number of rotatable bonds is 6. The molecule has 1 aromatic rings. The fourth-order valence-corrected chi connectivity index (χ4v) is 1.89. The molecule has 4 nitrogen and oxygen atoms in total. The molecule has 0 saturated carbocycles. The van der Waals surface area contributed by atoms with Crippen LogP contribution in [0.15, 0.2) is 22.7 Å². The molecule has 0 radical (unpaired) electrons. The Balaban J connectivity index is 2.43. The minimum Gasteiger partial charge on any atom is -0.507 e. The van der Waals surface area contributed by atoms with Crippen molar-refractivity contribution in [1.82, 2.24) is 5.32 Å². The van der Waals surface area contributed by atoms with E-state index >= 15 is 0 Å². The van der Waals surface area contributed by atoms with Gasteiger partial charge in [0.2, 0.25) is 0 Å². The first-order valence-corrected chi connectivity index (χ1v) is 6.71. The van der Waals surface area contributed by atoms with Gasteiger partial charge in [-0.25, -0.2) is 0 Å². The summed E-state index contributed by atoms with van der Waals surface area (Å²) in [4.78, 5) is 11.8. The van der Waals surface area contributed by atoms with Gasteiger partial charge in [0.1, 0.15) is 5.75 Å². The molecule has 0 bridgehead atoms. The van der Waals surface area contributed by atoms with Gasteiger partial charge in [0.25, 0.3) is 5.91 Å². The number of hydrogen-bond acceptors (Lipinski definition) is 3. The summed E-state index contributed by atoms with van der Waals surface area (Å²) in [6, 6.07) is 4.74. The van der Waals surface area contributed by atoms with Gasteiger partial charge in [-0.2, -0.15) is 0 Å². The lowest BCUT2D eigenvalue weighted by Gasteiger charge is -2.09. The Bertz CT molecular complexity index is 409. The second kappa shape index (κ2) is 7.38. The van der Waals surface area contributed by atoms with E-state index in [2.05, 4.69) is 21.2 Å². The zero-order valence-corrected chi connectivity index (χ0v) is 11.9. The first-order chi connectivity index (χ1) is 8.54. The highest BCUT2D eigenvalue weighted by Gasteiger charge is 2.11. The SMILES string of the molecule is CC(CO)CCCNC(=O)c1cc(Br)ccc1O. The van der Waals surface area contributed by atoms with E-state index in [0.29, 0.717) is 6.54 Å². The molecule has 0 aliphatic carbocycles. The number of aromatic hydroxyl groups is 1. The van der Waals surface area contributed by atoms with Crippen molar-refractivity contribution < 1.29 is 15.0 Å². The van der Waals surface area contributed by atoms with Crippen LogP contribution in [-0.2, 0) is 0 Å². The van der Waals surface area contributed by atoms with Gasteiger partial charge in [-0.05, 0) is 37.0 Å². The quantitative estimate of drug-likeness (QED) is 0.705. The largest absolute Gasteiger partial charge is 0.507 e. The van der Waals surface area contributed by atoms with Crippen LogP contribution in [0, 0.1) is 5.92 Å². The number of nitrogens with one attached hydrogen (secondary N) is 1. The highest BCUT2D eigenvalue weighted by atomic mass is 79.9. The number of aliphatic hydroxyl groups excluding tert-OH is 1. The van der Waals surface area contributed by atoms with Gasteiger partial charge < -0.3 is 15.5 Å². The van der Waals surface area contributed by atoms with Crippen molar-refractivity contribution in [2.24, 2.45) is 5.92 Å². The molecule has 1 amide bonds. The predicted octanol–water partition coefficient (Wildman–Crippen LogP) is 2.29. The van der Waals surface area contributed by atoms with E-state index in [1.54, 1.807) is 12.1 Å². The lowest BCUT2D eigenvalue weighted by atomic mass is 10.1. The molecule has 0 aromatic heterocycles. The van der Waals surface area contributed by atoms with Crippen LogP contribution >= 0.6 is 15.9 Å². The Morgan fingerprint density at radius 3 is 2.89 bits per heavy atom. The van der Waals surface area contributed by atoms with Crippen molar-refractivity contribution in [3.05, 3.63) is 28.2 Å². The van der Waals surface area contributed by atoms with Crippen molar-refractivity contribution in [3.63, 3.8) is 0 Å². The third kappa shape index (κ3) is 4.66. The first-order valence-electron chi connectivity index (χ1n) is 5.92. The van der Waals surface area contributed by atoms with Crippen LogP contribution in [0.2, 0.25) is 0 Å². The molecule has 0 aliphatic heterocycles. The van der Waals surface area contributed by atoms with E-state index in [9.17, 15) is 9.90 Å². The minimum absolute atomic E-state index is 0.0283. The van der Waals surface area contributed by atoms with Crippen molar-refractivity contribution >= 4 is 21.8 Å². The monoisotopic (exact) mass is 315 g/mol. The molecule has 0 fully saturated rings. The van der Waals surface area contributed by atoms with Gasteiger partial charge in [-0.1, -0.05) is 22.9 Å². The van der Waals surface area contributed by atoms with Crippen molar-refractivity contribution in [2.45, 2.75) is 19.8 Å². The van der Waals surface area contributed by atoms with E-state index in [1.807, 2.05) is 6.92 Å². The average molecular weight is 316 g/mol. The van der Waals surface area contributed by atoms with Gasteiger partial charge in [-0.15, -0.1) is 0 Å². The summed E-state index contributed by atoms with van der Waals surface area (Å²) in [5, 5.41) is 21.2. The van der Waals surface area contributed by atoms with Gasteiger partial charge >= 0.3 is 0 Å². The molecule has 0 spiro atoms. The van der Waals surface area contributed by atoms with E-state index in [1.165, 1.54) is 6.07 Å². The Morgan fingerprint density at radius 1 is 1.50 bits per heavy atom. The molecule has 3 N–H and O–H groups in total. The van der Waals surface area contributed by atoms with Crippen LogP contribution in [0.4, 0.5) is 0 Å². The number of carbonyl (C=O) groups excluding carboxylic acids is 1. The van der Waals surface area contributed by atoms with Gasteiger partial charge in [0.05, 0.1) is 5.56 Å². The number of amides is 1. The number of phenols is 1. The summed E-state index contributed by atoms with van der Waals surface area (Å²) < 4.78 is 0.749. The van der Waals surface area contributed by atoms with E-state index < -0.39 is 0 Å². The Kier molecular flexibility index (Phi) is 6.15. The number of benzene rings is 1. The van der Waals surface area contributed by atoms with Crippen LogP contribution in [0.5, 0.6) is 5.75 Å². The zero-order valence-electron chi connectivity index (χ0n) is 10.3. The fourth-order valence-electron chi connectivity index (χ4n) is 1.53. The third-order valence-electron chi connectivity index (χ3n) is 2.67. The predicted molar refractivity (Wildman–Crippen MR) is 73.6 cm³/mol. The molecule has 5 heteroatoms. The average Bonchev–Trinajstić information content (AvgIpc) is 2.36. The molecule has 100 valence electrons. The topological polar surface area (TPSA) is 69.6 Å². The Morgan fingerprint density at radius 2 is 2.22 bits per heavy atom. The summed E-state index contributed by atoms with van der Waals surface area (Å²) in [5.41, 5.74) is 0.264. The Labute approximate surface area is 115 Å². The minimum atomic E-state index is -0.287. The number of phenolic OH excluding ortho intramolecular Hbond substituents is 1. The van der Waals surface area contributed by atoms with Gasteiger partial charge in [0, 0.05) is 17.6 Å². The standard InChI is InChI=1S/C13H18BrNO3/c1-9(8-16)3-2-6-15-13(18)11-7-10(14)4-5-12(11)17/h4-5,7,9,16-17H,2-3,6,8H2,1H3,(H,15,18). The Hall–Kier alpha value is -1.07. The van der Waals surface area contributed by atoms with Crippen molar-refractivity contribution in [1.29, 1.82) is 0 Å². The molecule has 0 heterocycles. The molecule has 1 rings (SSSR count).